The number of nitriles is 1. The van der Waals surface area contributed by atoms with E-state index in [1.807, 2.05) is 19.9 Å². The summed E-state index contributed by atoms with van der Waals surface area (Å²) in [4.78, 5) is 37.5. The fourth-order valence-corrected chi connectivity index (χ4v) is 3.38. The molecule has 0 bridgehead atoms. The normalized spacial score (nSPS) is 15.7. The first-order chi connectivity index (χ1) is 14.6. The third kappa shape index (κ3) is 4.16. The zero-order valence-corrected chi connectivity index (χ0v) is 17.6. The smallest absolute Gasteiger partial charge is 0.280 e. The van der Waals surface area contributed by atoms with Gasteiger partial charge in [-0.3, -0.25) is 24.6 Å². The summed E-state index contributed by atoms with van der Waals surface area (Å²) in [6.07, 6.45) is 1.46. The second-order valence-corrected chi connectivity index (χ2v) is 7.76. The number of benzene rings is 1. The van der Waals surface area contributed by atoms with E-state index in [4.69, 9.17) is 4.42 Å². The van der Waals surface area contributed by atoms with Crippen molar-refractivity contribution in [2.75, 3.05) is 6.54 Å². The minimum absolute atomic E-state index is 0.0322. The predicted octanol–water partition coefficient (Wildman–Crippen LogP) is 4.41. The standard InChI is InChI=1S/C23H21N3O5/c1-13(2)12-25-22(27)18(15(4)19(11-24)23(25)28)10-16-6-8-21(31-16)17-7-5-14(3)9-20(17)26(29)30/h5-10,13H,12H2,1-4H3/b18-10+. The van der Waals surface area contributed by atoms with Crippen molar-refractivity contribution in [1.29, 1.82) is 5.26 Å². The molecule has 0 saturated carbocycles. The highest BCUT2D eigenvalue weighted by molar-refractivity contribution is 6.19. The van der Waals surface area contributed by atoms with Crippen molar-refractivity contribution in [3.05, 3.63) is 68.5 Å². The van der Waals surface area contributed by atoms with Crippen LogP contribution in [-0.4, -0.2) is 28.2 Å². The summed E-state index contributed by atoms with van der Waals surface area (Å²) >= 11 is 0. The van der Waals surface area contributed by atoms with Crippen molar-refractivity contribution in [3.8, 4) is 17.4 Å². The molecule has 1 aromatic carbocycles. The molecule has 0 fully saturated rings. The van der Waals surface area contributed by atoms with E-state index < -0.39 is 16.7 Å². The Labute approximate surface area is 179 Å². The maximum atomic E-state index is 13.0. The molecule has 2 heterocycles. The van der Waals surface area contributed by atoms with Crippen LogP contribution < -0.4 is 0 Å². The van der Waals surface area contributed by atoms with Gasteiger partial charge in [0, 0.05) is 18.2 Å². The zero-order valence-electron chi connectivity index (χ0n) is 17.6. The van der Waals surface area contributed by atoms with Gasteiger partial charge in [0.05, 0.1) is 10.5 Å². The van der Waals surface area contributed by atoms with Crippen LogP contribution >= 0.6 is 0 Å². The molecular weight excluding hydrogens is 398 g/mol. The number of rotatable bonds is 5. The van der Waals surface area contributed by atoms with E-state index in [0.717, 1.165) is 10.5 Å². The lowest BCUT2D eigenvalue weighted by molar-refractivity contribution is -0.384. The van der Waals surface area contributed by atoms with Crippen LogP contribution in [0.1, 0.15) is 32.1 Å². The number of carbonyl (C=O) groups excluding carboxylic acids is 2. The second-order valence-electron chi connectivity index (χ2n) is 7.76. The van der Waals surface area contributed by atoms with Crippen LogP contribution in [-0.2, 0) is 9.59 Å². The van der Waals surface area contributed by atoms with Gasteiger partial charge in [0.2, 0.25) is 0 Å². The van der Waals surface area contributed by atoms with Gasteiger partial charge in [0.25, 0.3) is 17.5 Å². The third-order valence-corrected chi connectivity index (χ3v) is 4.90. The average molecular weight is 419 g/mol. The molecule has 0 spiro atoms. The molecule has 8 nitrogen and oxygen atoms in total. The highest BCUT2D eigenvalue weighted by Crippen LogP contribution is 2.33. The Kier molecular flexibility index (Phi) is 5.88. The molecule has 1 aliphatic rings. The molecule has 0 unspecified atom stereocenters. The van der Waals surface area contributed by atoms with E-state index in [2.05, 4.69) is 0 Å². The van der Waals surface area contributed by atoms with Crippen LogP contribution in [0.5, 0.6) is 0 Å². The van der Waals surface area contributed by atoms with Crippen LogP contribution in [0.2, 0.25) is 0 Å². The lowest BCUT2D eigenvalue weighted by Gasteiger charge is -2.28. The summed E-state index contributed by atoms with van der Waals surface area (Å²) in [6.45, 7) is 7.23. The lowest BCUT2D eigenvalue weighted by Crippen LogP contribution is -2.44. The summed E-state index contributed by atoms with van der Waals surface area (Å²) in [5.74, 6) is -0.520. The van der Waals surface area contributed by atoms with Gasteiger partial charge in [-0.1, -0.05) is 19.9 Å². The maximum Gasteiger partial charge on any atom is 0.280 e. The average Bonchev–Trinajstić information content (AvgIpc) is 3.17. The molecule has 8 heteroatoms. The van der Waals surface area contributed by atoms with Gasteiger partial charge in [0.1, 0.15) is 23.2 Å². The molecule has 0 saturated heterocycles. The largest absolute Gasteiger partial charge is 0.456 e. The number of carbonyl (C=O) groups is 2. The van der Waals surface area contributed by atoms with Crippen molar-refractivity contribution >= 4 is 23.6 Å². The molecule has 0 atom stereocenters. The molecule has 31 heavy (non-hydrogen) atoms. The van der Waals surface area contributed by atoms with Gasteiger partial charge in [-0.25, -0.2) is 0 Å². The molecule has 2 aromatic rings. The molecule has 0 radical (unpaired) electrons. The molecule has 3 rings (SSSR count). The van der Waals surface area contributed by atoms with E-state index in [1.165, 1.54) is 12.1 Å². The Bertz CT molecular complexity index is 1190. The van der Waals surface area contributed by atoms with Crippen LogP contribution in [0, 0.1) is 34.3 Å². The maximum absolute atomic E-state index is 13.0. The minimum atomic E-state index is -0.605. The molecule has 1 aliphatic heterocycles. The zero-order chi connectivity index (χ0) is 22.9. The number of nitro groups is 1. The number of imide groups is 1. The second kappa shape index (κ2) is 8.40. The Balaban J connectivity index is 2.07. The van der Waals surface area contributed by atoms with Crippen LogP contribution in [0.3, 0.4) is 0 Å². The highest BCUT2D eigenvalue weighted by Gasteiger charge is 2.35. The van der Waals surface area contributed by atoms with Gasteiger partial charge in [0.15, 0.2) is 0 Å². The summed E-state index contributed by atoms with van der Waals surface area (Å²) in [5, 5.41) is 20.8. The first-order valence-electron chi connectivity index (χ1n) is 9.68. The topological polar surface area (TPSA) is 117 Å². The van der Waals surface area contributed by atoms with Crippen LogP contribution in [0.25, 0.3) is 17.4 Å². The van der Waals surface area contributed by atoms with E-state index in [0.29, 0.717) is 5.56 Å². The third-order valence-electron chi connectivity index (χ3n) is 4.90. The van der Waals surface area contributed by atoms with Gasteiger partial charge < -0.3 is 4.42 Å². The van der Waals surface area contributed by atoms with E-state index in [9.17, 15) is 25.0 Å². The first-order valence-corrected chi connectivity index (χ1v) is 9.68. The van der Waals surface area contributed by atoms with Crippen molar-refractivity contribution in [1.82, 2.24) is 4.90 Å². The number of hydrogen-bond acceptors (Lipinski definition) is 6. The van der Waals surface area contributed by atoms with Crippen molar-refractivity contribution in [2.45, 2.75) is 27.7 Å². The monoisotopic (exact) mass is 419 g/mol. The summed E-state index contributed by atoms with van der Waals surface area (Å²) in [6, 6.07) is 9.87. The Morgan fingerprint density at radius 3 is 2.52 bits per heavy atom. The molecular formula is C23H21N3O5. The van der Waals surface area contributed by atoms with Gasteiger partial charge >= 0.3 is 0 Å². The molecule has 0 aliphatic carbocycles. The van der Waals surface area contributed by atoms with E-state index in [-0.39, 0.29) is 46.4 Å². The Hall–Kier alpha value is -3.99. The highest BCUT2D eigenvalue weighted by atomic mass is 16.6. The van der Waals surface area contributed by atoms with Crippen molar-refractivity contribution in [3.63, 3.8) is 0 Å². The summed E-state index contributed by atoms with van der Waals surface area (Å²) in [5.41, 5.74) is 1.34. The number of furan rings is 1. The lowest BCUT2D eigenvalue weighted by atomic mass is 9.94. The van der Waals surface area contributed by atoms with Gasteiger partial charge in [-0.15, -0.1) is 0 Å². The van der Waals surface area contributed by atoms with E-state index in [1.54, 1.807) is 38.1 Å². The van der Waals surface area contributed by atoms with Crippen molar-refractivity contribution in [2.24, 2.45) is 5.92 Å². The molecule has 158 valence electrons. The van der Waals surface area contributed by atoms with Crippen LogP contribution in [0.15, 0.2) is 51.5 Å². The predicted molar refractivity (Wildman–Crippen MR) is 113 cm³/mol. The molecule has 2 amide bonds. The minimum Gasteiger partial charge on any atom is -0.456 e. The van der Waals surface area contributed by atoms with Crippen LogP contribution in [0.4, 0.5) is 5.69 Å². The van der Waals surface area contributed by atoms with Gasteiger partial charge in [-0.05, 0) is 55.2 Å². The fraction of sp³-hybridized carbons (Fsp3) is 0.261. The van der Waals surface area contributed by atoms with Crippen molar-refractivity contribution < 1.29 is 18.9 Å². The van der Waals surface area contributed by atoms with Gasteiger partial charge in [-0.2, -0.15) is 5.26 Å². The van der Waals surface area contributed by atoms with E-state index >= 15 is 0 Å². The fourth-order valence-electron chi connectivity index (χ4n) is 3.38. The summed E-state index contributed by atoms with van der Waals surface area (Å²) in [7, 11) is 0. The summed E-state index contributed by atoms with van der Waals surface area (Å²) < 4.78 is 5.77. The number of amides is 2. The quantitative estimate of drug-likeness (QED) is 0.307. The molecule has 0 N–H and O–H groups in total. The number of hydrogen-bond donors (Lipinski definition) is 0. The first kappa shape index (κ1) is 21.7. The Morgan fingerprint density at radius 2 is 1.90 bits per heavy atom. The molecule has 1 aromatic heterocycles. The number of aryl methyl sites for hydroxylation is 1. The Morgan fingerprint density at radius 1 is 1.19 bits per heavy atom. The SMILES string of the molecule is CC1=C(C#N)C(=O)N(CC(C)C)C(=O)/C1=C/c1ccc(-c2ccc(C)cc2[N+](=O)[O-])o1. The number of nitro benzene ring substituents is 1. The number of nitrogens with zero attached hydrogens (tertiary/aromatic N) is 3.